The van der Waals surface area contributed by atoms with Crippen molar-refractivity contribution in [3.63, 3.8) is 0 Å². The second-order valence-electron chi connectivity index (χ2n) is 4.96. The van der Waals surface area contributed by atoms with E-state index in [2.05, 4.69) is 0 Å². The Bertz CT molecular complexity index is 895. The highest BCUT2D eigenvalue weighted by Gasteiger charge is 2.37. The molecule has 1 aliphatic rings. The number of carbonyl (C=O) groups is 3. The number of urea groups is 1. The fourth-order valence-electron chi connectivity index (χ4n) is 2.27. The van der Waals surface area contributed by atoms with Crippen LogP contribution in [0.5, 0.6) is 0 Å². The van der Waals surface area contributed by atoms with E-state index in [1.807, 2.05) is 5.32 Å². The molecular weight excluding hydrogens is 335 g/mol. The number of rotatable bonds is 2. The maximum atomic E-state index is 13.9. The standard InChI is InChI=1S/C17H10ClFN2O3/c18-11-5-3-4-10(8-11)9-12-15(22)20-17(24)21(16(12)23)14-7-2-1-6-13(14)19/h1-9H,(H,20,22,24)/b12-9-. The molecule has 0 atom stereocenters. The number of barbiturate groups is 1. The Hall–Kier alpha value is -2.99. The highest BCUT2D eigenvalue weighted by molar-refractivity contribution is 6.39. The van der Waals surface area contributed by atoms with Crippen molar-refractivity contribution in [2.24, 2.45) is 0 Å². The first-order valence-electron chi connectivity index (χ1n) is 6.89. The van der Waals surface area contributed by atoms with Gasteiger partial charge in [-0.2, -0.15) is 0 Å². The topological polar surface area (TPSA) is 66.5 Å². The quantitative estimate of drug-likeness (QED) is 0.672. The Morgan fingerprint density at radius 2 is 1.79 bits per heavy atom. The molecule has 0 unspecified atom stereocenters. The summed E-state index contributed by atoms with van der Waals surface area (Å²) in [5.74, 6) is -2.51. The molecule has 120 valence electrons. The molecule has 5 nitrogen and oxygen atoms in total. The Morgan fingerprint density at radius 1 is 1.04 bits per heavy atom. The van der Waals surface area contributed by atoms with Gasteiger partial charge >= 0.3 is 6.03 Å². The third-order valence-electron chi connectivity index (χ3n) is 3.35. The summed E-state index contributed by atoms with van der Waals surface area (Å²) in [6, 6.07) is 10.8. The monoisotopic (exact) mass is 344 g/mol. The van der Waals surface area contributed by atoms with Gasteiger partial charge in [-0.05, 0) is 35.9 Å². The number of nitrogens with one attached hydrogen (secondary N) is 1. The lowest BCUT2D eigenvalue weighted by Crippen LogP contribution is -2.54. The number of para-hydroxylation sites is 1. The van der Waals surface area contributed by atoms with Crippen molar-refractivity contribution in [2.75, 3.05) is 4.90 Å². The molecule has 0 bridgehead atoms. The Morgan fingerprint density at radius 3 is 2.50 bits per heavy atom. The average molecular weight is 345 g/mol. The predicted octanol–water partition coefficient (Wildman–Crippen LogP) is 3.15. The summed E-state index contributed by atoms with van der Waals surface area (Å²) in [4.78, 5) is 37.1. The minimum Gasteiger partial charge on any atom is -0.273 e. The molecule has 4 amide bonds. The van der Waals surface area contributed by atoms with E-state index >= 15 is 0 Å². The molecule has 1 N–H and O–H groups in total. The summed E-state index contributed by atoms with van der Waals surface area (Å²) in [5, 5.41) is 2.46. The number of amides is 4. The molecule has 0 radical (unpaired) electrons. The van der Waals surface area contributed by atoms with Crippen LogP contribution < -0.4 is 10.2 Å². The van der Waals surface area contributed by atoms with Gasteiger partial charge in [0, 0.05) is 5.02 Å². The summed E-state index contributed by atoms with van der Waals surface area (Å²) >= 11 is 5.87. The van der Waals surface area contributed by atoms with Crippen molar-refractivity contribution < 1.29 is 18.8 Å². The number of halogens is 2. The second-order valence-corrected chi connectivity index (χ2v) is 5.40. The van der Waals surface area contributed by atoms with E-state index in [-0.39, 0.29) is 11.3 Å². The van der Waals surface area contributed by atoms with Crippen molar-refractivity contribution in [3.05, 3.63) is 70.5 Å². The maximum Gasteiger partial charge on any atom is 0.336 e. The maximum absolute atomic E-state index is 13.9. The van der Waals surface area contributed by atoms with Gasteiger partial charge in [-0.1, -0.05) is 35.9 Å². The smallest absolute Gasteiger partial charge is 0.273 e. The largest absolute Gasteiger partial charge is 0.336 e. The predicted molar refractivity (Wildman–Crippen MR) is 86.9 cm³/mol. The normalized spacial score (nSPS) is 16.5. The van der Waals surface area contributed by atoms with Crippen molar-refractivity contribution in [2.45, 2.75) is 0 Å². The molecular formula is C17H10ClFN2O3. The van der Waals surface area contributed by atoms with Gasteiger partial charge in [-0.25, -0.2) is 14.1 Å². The van der Waals surface area contributed by atoms with Crippen LogP contribution in [0, 0.1) is 5.82 Å². The van der Waals surface area contributed by atoms with Crippen LogP contribution in [0.15, 0.2) is 54.1 Å². The number of benzene rings is 2. The first-order chi connectivity index (χ1) is 11.5. The van der Waals surface area contributed by atoms with Crippen molar-refractivity contribution in [1.29, 1.82) is 0 Å². The van der Waals surface area contributed by atoms with Crippen LogP contribution in [0.25, 0.3) is 6.08 Å². The SMILES string of the molecule is O=C1NC(=O)N(c2ccccc2F)C(=O)/C1=C\c1cccc(Cl)c1. The minimum absolute atomic E-state index is 0.232. The first kappa shape index (κ1) is 15.9. The van der Waals surface area contributed by atoms with E-state index in [0.717, 1.165) is 6.07 Å². The molecule has 24 heavy (non-hydrogen) atoms. The van der Waals surface area contributed by atoms with Gasteiger partial charge in [0.15, 0.2) is 0 Å². The summed E-state index contributed by atoms with van der Waals surface area (Å²) in [6.07, 6.45) is 1.30. The number of anilines is 1. The molecule has 2 aromatic rings. The molecule has 0 aliphatic carbocycles. The van der Waals surface area contributed by atoms with Gasteiger partial charge in [-0.3, -0.25) is 14.9 Å². The average Bonchev–Trinajstić information content (AvgIpc) is 2.53. The third-order valence-corrected chi connectivity index (χ3v) is 3.59. The first-order valence-corrected chi connectivity index (χ1v) is 7.27. The van der Waals surface area contributed by atoms with Gasteiger partial charge in [0.2, 0.25) is 0 Å². The molecule has 0 spiro atoms. The molecule has 3 rings (SSSR count). The van der Waals surface area contributed by atoms with Crippen LogP contribution in [0.3, 0.4) is 0 Å². The number of imide groups is 2. The van der Waals surface area contributed by atoms with Gasteiger partial charge in [0.05, 0.1) is 5.69 Å². The Balaban J connectivity index is 2.05. The van der Waals surface area contributed by atoms with Crippen molar-refractivity contribution >= 4 is 41.2 Å². The van der Waals surface area contributed by atoms with Crippen LogP contribution in [0.4, 0.5) is 14.9 Å². The lowest BCUT2D eigenvalue weighted by atomic mass is 10.1. The summed E-state index contributed by atoms with van der Waals surface area (Å²) in [6.45, 7) is 0. The van der Waals surface area contributed by atoms with E-state index in [9.17, 15) is 18.8 Å². The van der Waals surface area contributed by atoms with E-state index < -0.39 is 23.7 Å². The number of hydrogen-bond donors (Lipinski definition) is 1. The zero-order valence-electron chi connectivity index (χ0n) is 12.1. The summed E-state index contributed by atoms with van der Waals surface area (Å²) < 4.78 is 13.9. The second kappa shape index (κ2) is 6.25. The molecule has 2 aromatic carbocycles. The Labute approximate surface area is 141 Å². The molecule has 1 fully saturated rings. The van der Waals surface area contributed by atoms with E-state index in [0.29, 0.717) is 15.5 Å². The molecule has 1 saturated heterocycles. The number of hydrogen-bond acceptors (Lipinski definition) is 3. The van der Waals surface area contributed by atoms with Crippen molar-refractivity contribution in [1.82, 2.24) is 5.32 Å². The summed E-state index contributed by atoms with van der Waals surface area (Å²) in [5.41, 5.74) is -0.0200. The van der Waals surface area contributed by atoms with Crippen LogP contribution in [-0.2, 0) is 9.59 Å². The fourth-order valence-corrected chi connectivity index (χ4v) is 2.47. The fraction of sp³-hybridized carbons (Fsp3) is 0. The number of nitrogens with zero attached hydrogens (tertiary/aromatic N) is 1. The zero-order valence-corrected chi connectivity index (χ0v) is 12.9. The third kappa shape index (κ3) is 2.91. The molecule has 0 saturated carbocycles. The minimum atomic E-state index is -1.00. The van der Waals surface area contributed by atoms with E-state index in [1.165, 1.54) is 24.3 Å². The molecule has 1 aliphatic heterocycles. The van der Waals surface area contributed by atoms with Crippen LogP contribution in [0.1, 0.15) is 5.56 Å². The zero-order chi connectivity index (χ0) is 17.3. The molecule has 7 heteroatoms. The van der Waals surface area contributed by atoms with E-state index in [1.54, 1.807) is 24.3 Å². The van der Waals surface area contributed by atoms with Crippen LogP contribution in [0.2, 0.25) is 5.02 Å². The summed E-state index contributed by atoms with van der Waals surface area (Å²) in [7, 11) is 0. The highest BCUT2D eigenvalue weighted by Crippen LogP contribution is 2.24. The number of carbonyl (C=O) groups excluding carboxylic acids is 3. The lowest BCUT2D eigenvalue weighted by molar-refractivity contribution is -0.122. The van der Waals surface area contributed by atoms with Crippen molar-refractivity contribution in [3.8, 4) is 0 Å². The Kier molecular flexibility index (Phi) is 4.14. The van der Waals surface area contributed by atoms with Crippen LogP contribution in [-0.4, -0.2) is 17.8 Å². The molecule has 1 heterocycles. The highest BCUT2D eigenvalue weighted by atomic mass is 35.5. The van der Waals surface area contributed by atoms with Crippen LogP contribution >= 0.6 is 11.6 Å². The van der Waals surface area contributed by atoms with Gasteiger partial charge < -0.3 is 0 Å². The van der Waals surface area contributed by atoms with Gasteiger partial charge in [-0.15, -0.1) is 0 Å². The lowest BCUT2D eigenvalue weighted by Gasteiger charge is -2.26. The van der Waals surface area contributed by atoms with E-state index in [4.69, 9.17) is 11.6 Å². The molecule has 0 aromatic heterocycles. The van der Waals surface area contributed by atoms with Gasteiger partial charge in [0.25, 0.3) is 11.8 Å². The van der Waals surface area contributed by atoms with Gasteiger partial charge in [0.1, 0.15) is 11.4 Å².